The lowest BCUT2D eigenvalue weighted by molar-refractivity contribution is 0.580. The van der Waals surface area contributed by atoms with Crippen LogP contribution in [0.2, 0.25) is 10.0 Å². The molecule has 0 aliphatic carbocycles. The first-order chi connectivity index (χ1) is 8.99. The molecular formula is C14H11BrCl2FN. The summed E-state index contributed by atoms with van der Waals surface area (Å²) in [6.45, 7) is 0. The molecule has 0 heterocycles. The monoisotopic (exact) mass is 361 g/mol. The van der Waals surface area contributed by atoms with Gasteiger partial charge in [0.1, 0.15) is 5.82 Å². The molecule has 0 aliphatic heterocycles. The van der Waals surface area contributed by atoms with Crippen molar-refractivity contribution in [3.05, 3.63) is 67.9 Å². The molecule has 0 spiro atoms. The van der Waals surface area contributed by atoms with Gasteiger partial charge in [-0.3, -0.25) is 0 Å². The van der Waals surface area contributed by atoms with E-state index in [0.29, 0.717) is 22.0 Å². The highest BCUT2D eigenvalue weighted by molar-refractivity contribution is 9.10. The van der Waals surface area contributed by atoms with Crippen LogP contribution in [-0.4, -0.2) is 0 Å². The van der Waals surface area contributed by atoms with Crippen LogP contribution in [0.1, 0.15) is 17.2 Å². The molecule has 0 saturated carbocycles. The van der Waals surface area contributed by atoms with Crippen molar-refractivity contribution in [1.82, 2.24) is 0 Å². The van der Waals surface area contributed by atoms with Crippen molar-refractivity contribution in [2.45, 2.75) is 12.5 Å². The van der Waals surface area contributed by atoms with E-state index in [9.17, 15) is 4.39 Å². The fourth-order valence-corrected chi connectivity index (χ4v) is 2.94. The van der Waals surface area contributed by atoms with Gasteiger partial charge in [0.2, 0.25) is 0 Å². The minimum absolute atomic E-state index is 0.322. The predicted molar refractivity (Wildman–Crippen MR) is 81.2 cm³/mol. The van der Waals surface area contributed by atoms with Crippen LogP contribution in [-0.2, 0) is 6.42 Å². The van der Waals surface area contributed by atoms with Gasteiger partial charge in [0.15, 0.2) is 0 Å². The molecule has 0 saturated heterocycles. The smallest absolute Gasteiger partial charge is 0.129 e. The molecule has 19 heavy (non-hydrogen) atoms. The lowest BCUT2D eigenvalue weighted by atomic mass is 9.99. The van der Waals surface area contributed by atoms with Crippen molar-refractivity contribution in [3.8, 4) is 0 Å². The number of rotatable bonds is 3. The fourth-order valence-electron chi connectivity index (χ4n) is 1.89. The summed E-state index contributed by atoms with van der Waals surface area (Å²) in [6.07, 6.45) is 0.423. The Balaban J connectivity index is 2.28. The molecule has 0 aromatic heterocycles. The number of halogens is 4. The quantitative estimate of drug-likeness (QED) is 0.803. The zero-order valence-corrected chi connectivity index (χ0v) is 12.9. The van der Waals surface area contributed by atoms with Crippen molar-refractivity contribution in [2.75, 3.05) is 0 Å². The minimum atomic E-state index is -0.535. The van der Waals surface area contributed by atoms with Crippen LogP contribution in [0.5, 0.6) is 0 Å². The maximum atomic E-state index is 13.8. The van der Waals surface area contributed by atoms with Crippen molar-refractivity contribution >= 4 is 39.1 Å². The first-order valence-electron chi connectivity index (χ1n) is 5.62. The molecule has 100 valence electrons. The first kappa shape index (κ1) is 14.8. The highest BCUT2D eigenvalue weighted by Crippen LogP contribution is 2.29. The van der Waals surface area contributed by atoms with Crippen LogP contribution in [0.15, 0.2) is 40.9 Å². The summed E-state index contributed by atoms with van der Waals surface area (Å²) in [5.74, 6) is -0.395. The normalized spacial score (nSPS) is 12.5. The highest BCUT2D eigenvalue weighted by Gasteiger charge is 2.16. The molecule has 2 aromatic rings. The molecule has 0 fully saturated rings. The summed E-state index contributed by atoms with van der Waals surface area (Å²) in [5, 5.41) is 0.929. The second kappa shape index (κ2) is 6.23. The summed E-state index contributed by atoms with van der Waals surface area (Å²) in [5.41, 5.74) is 7.22. The van der Waals surface area contributed by atoms with Crippen molar-refractivity contribution < 1.29 is 4.39 Å². The second-order valence-corrected chi connectivity index (χ2v) is 5.91. The Bertz CT molecular complexity index is 584. The standard InChI is InChI=1S/C14H11BrCl2FN/c15-9-5-4-8(11(17)7-9)6-13(19)14-10(16)2-1-3-12(14)18/h1-5,7,13H,6,19H2. The summed E-state index contributed by atoms with van der Waals surface area (Å²) in [4.78, 5) is 0. The van der Waals surface area contributed by atoms with Gasteiger partial charge in [0, 0.05) is 26.1 Å². The van der Waals surface area contributed by atoms with Crippen LogP contribution in [0.25, 0.3) is 0 Å². The van der Waals surface area contributed by atoms with E-state index < -0.39 is 11.9 Å². The second-order valence-electron chi connectivity index (χ2n) is 4.18. The van der Waals surface area contributed by atoms with Crippen LogP contribution in [0.4, 0.5) is 4.39 Å². The van der Waals surface area contributed by atoms with Gasteiger partial charge < -0.3 is 5.73 Å². The molecule has 5 heteroatoms. The third-order valence-electron chi connectivity index (χ3n) is 2.83. The third-order valence-corrected chi connectivity index (χ3v) is 4.00. The highest BCUT2D eigenvalue weighted by atomic mass is 79.9. The molecule has 1 nitrogen and oxygen atoms in total. The van der Waals surface area contributed by atoms with E-state index in [1.54, 1.807) is 18.2 Å². The van der Waals surface area contributed by atoms with E-state index in [1.807, 2.05) is 12.1 Å². The topological polar surface area (TPSA) is 26.0 Å². The molecule has 0 bridgehead atoms. The predicted octanol–water partition coefficient (Wildman–Crippen LogP) is 5.14. The average molecular weight is 363 g/mol. The van der Waals surface area contributed by atoms with Gasteiger partial charge in [-0.25, -0.2) is 4.39 Å². The van der Waals surface area contributed by atoms with E-state index in [2.05, 4.69) is 15.9 Å². The summed E-state index contributed by atoms with van der Waals surface area (Å²) < 4.78 is 14.7. The van der Waals surface area contributed by atoms with E-state index in [-0.39, 0.29) is 0 Å². The summed E-state index contributed by atoms with van der Waals surface area (Å²) in [6, 6.07) is 9.52. The van der Waals surface area contributed by atoms with Gasteiger partial charge in [-0.05, 0) is 36.2 Å². The Labute approximate surface area is 129 Å². The number of hydrogen-bond donors (Lipinski definition) is 1. The summed E-state index contributed by atoms with van der Waals surface area (Å²) in [7, 11) is 0. The number of nitrogens with two attached hydrogens (primary N) is 1. The van der Waals surface area contributed by atoms with Crippen molar-refractivity contribution in [1.29, 1.82) is 0 Å². The molecule has 0 aliphatic rings. The molecule has 2 rings (SSSR count). The average Bonchev–Trinajstić information content (AvgIpc) is 2.32. The molecular weight excluding hydrogens is 352 g/mol. The van der Waals surface area contributed by atoms with Gasteiger partial charge in [-0.2, -0.15) is 0 Å². The van der Waals surface area contributed by atoms with Gasteiger partial charge >= 0.3 is 0 Å². The molecule has 1 unspecified atom stereocenters. The van der Waals surface area contributed by atoms with Crippen LogP contribution in [0.3, 0.4) is 0 Å². The van der Waals surface area contributed by atoms with Crippen LogP contribution in [0, 0.1) is 5.82 Å². The Morgan fingerprint density at radius 3 is 2.53 bits per heavy atom. The fraction of sp³-hybridized carbons (Fsp3) is 0.143. The lowest BCUT2D eigenvalue weighted by Gasteiger charge is -2.15. The zero-order valence-electron chi connectivity index (χ0n) is 9.84. The van der Waals surface area contributed by atoms with Gasteiger partial charge in [-0.15, -0.1) is 0 Å². The Kier molecular flexibility index (Phi) is 4.85. The third kappa shape index (κ3) is 3.48. The molecule has 1 atom stereocenters. The number of hydrogen-bond acceptors (Lipinski definition) is 1. The molecule has 0 amide bonds. The molecule has 0 radical (unpaired) electrons. The largest absolute Gasteiger partial charge is 0.324 e. The molecule has 2 aromatic carbocycles. The van der Waals surface area contributed by atoms with Gasteiger partial charge in [-0.1, -0.05) is 51.3 Å². The Morgan fingerprint density at radius 1 is 1.16 bits per heavy atom. The Morgan fingerprint density at radius 2 is 1.89 bits per heavy atom. The van der Waals surface area contributed by atoms with Crippen molar-refractivity contribution in [2.24, 2.45) is 5.73 Å². The SMILES string of the molecule is NC(Cc1ccc(Br)cc1Cl)c1c(F)cccc1Cl. The van der Waals surface area contributed by atoms with Gasteiger partial charge in [0.25, 0.3) is 0 Å². The van der Waals surface area contributed by atoms with E-state index in [1.165, 1.54) is 6.07 Å². The van der Waals surface area contributed by atoms with Crippen LogP contribution >= 0.6 is 39.1 Å². The molecule has 2 N–H and O–H groups in total. The van der Waals surface area contributed by atoms with E-state index in [4.69, 9.17) is 28.9 Å². The minimum Gasteiger partial charge on any atom is -0.324 e. The number of benzene rings is 2. The van der Waals surface area contributed by atoms with E-state index >= 15 is 0 Å². The zero-order chi connectivity index (χ0) is 14.0. The van der Waals surface area contributed by atoms with E-state index in [0.717, 1.165) is 10.0 Å². The first-order valence-corrected chi connectivity index (χ1v) is 7.17. The van der Waals surface area contributed by atoms with Crippen molar-refractivity contribution in [3.63, 3.8) is 0 Å². The van der Waals surface area contributed by atoms with Gasteiger partial charge in [0.05, 0.1) is 0 Å². The summed E-state index contributed by atoms with van der Waals surface area (Å²) >= 11 is 15.5. The Hall–Kier alpha value is -0.610. The maximum Gasteiger partial charge on any atom is 0.129 e. The lowest BCUT2D eigenvalue weighted by Crippen LogP contribution is -2.15. The van der Waals surface area contributed by atoms with Crippen LogP contribution < -0.4 is 5.73 Å². The maximum absolute atomic E-state index is 13.8.